The number of benzene rings is 1. The van der Waals surface area contributed by atoms with E-state index in [9.17, 15) is 10.1 Å². The fraction of sp³-hybridized carbons (Fsp3) is 0.467. The molecule has 0 saturated heterocycles. The molecule has 20 heavy (non-hydrogen) atoms. The van der Waals surface area contributed by atoms with E-state index in [0.717, 1.165) is 5.56 Å². The summed E-state index contributed by atoms with van der Waals surface area (Å²) in [5.74, 6) is 0.165. The Morgan fingerprint density at radius 3 is 2.50 bits per heavy atom. The van der Waals surface area contributed by atoms with Gasteiger partial charge >= 0.3 is 0 Å². The maximum absolute atomic E-state index is 12.4. The number of nitrogens with zero attached hydrogens (tertiary/aromatic N) is 1. The summed E-state index contributed by atoms with van der Waals surface area (Å²) in [6.07, 6.45) is 0.918. The van der Waals surface area contributed by atoms with Gasteiger partial charge in [0.05, 0.1) is 18.9 Å². The van der Waals surface area contributed by atoms with Crippen LogP contribution < -0.4 is 10.1 Å². The van der Waals surface area contributed by atoms with Gasteiger partial charge in [-0.05, 0) is 31.4 Å². The third kappa shape index (κ3) is 3.05. The number of hydrogen-bond donors (Lipinski definition) is 1. The van der Waals surface area contributed by atoms with Gasteiger partial charge in [-0.1, -0.05) is 25.4 Å². The molecule has 1 amide bonds. The molecule has 0 aliphatic carbocycles. The van der Waals surface area contributed by atoms with Gasteiger partial charge in [0.2, 0.25) is 5.91 Å². The van der Waals surface area contributed by atoms with E-state index in [2.05, 4.69) is 11.4 Å². The van der Waals surface area contributed by atoms with Crippen molar-refractivity contribution in [3.8, 4) is 11.8 Å². The number of nitrogens with one attached hydrogen (secondary N) is 1. The highest BCUT2D eigenvalue weighted by atomic mass is 35.5. The first-order valence-corrected chi connectivity index (χ1v) is 6.88. The van der Waals surface area contributed by atoms with E-state index >= 15 is 0 Å². The van der Waals surface area contributed by atoms with Gasteiger partial charge in [-0.2, -0.15) is 5.26 Å². The summed E-state index contributed by atoms with van der Waals surface area (Å²) in [7, 11) is 1.51. The lowest BCUT2D eigenvalue weighted by Gasteiger charge is -2.23. The molecule has 0 spiro atoms. The topological polar surface area (TPSA) is 62.1 Å². The average molecular weight is 295 g/mol. The van der Waals surface area contributed by atoms with Gasteiger partial charge in [0, 0.05) is 11.1 Å². The average Bonchev–Trinajstić information content (AvgIpc) is 2.45. The first-order chi connectivity index (χ1) is 9.43. The van der Waals surface area contributed by atoms with Crippen molar-refractivity contribution in [1.29, 1.82) is 5.26 Å². The molecule has 0 unspecified atom stereocenters. The van der Waals surface area contributed by atoms with Crippen LogP contribution in [0.3, 0.4) is 0 Å². The Kier molecular flexibility index (Phi) is 5.41. The maximum atomic E-state index is 12.4. The molecule has 0 aliphatic rings. The summed E-state index contributed by atoms with van der Waals surface area (Å²) in [5, 5.41) is 12.6. The van der Waals surface area contributed by atoms with E-state index in [-0.39, 0.29) is 5.91 Å². The first kappa shape index (κ1) is 16.3. The van der Waals surface area contributed by atoms with Crippen LogP contribution in [-0.4, -0.2) is 13.0 Å². The Hall–Kier alpha value is -1.73. The number of aryl methyl sites for hydroxylation is 1. The van der Waals surface area contributed by atoms with Crippen molar-refractivity contribution >= 4 is 23.2 Å². The number of ether oxygens (including phenoxy) is 1. The molecule has 1 aromatic rings. The molecule has 5 heteroatoms. The second kappa shape index (κ2) is 6.62. The minimum Gasteiger partial charge on any atom is -0.495 e. The van der Waals surface area contributed by atoms with Crippen molar-refractivity contribution in [2.45, 2.75) is 33.6 Å². The largest absolute Gasteiger partial charge is 0.495 e. The molecule has 0 atom stereocenters. The summed E-state index contributed by atoms with van der Waals surface area (Å²) in [5.41, 5.74) is 0.345. The molecule has 1 aromatic carbocycles. The SMILES string of the molecule is CCC(C#N)(CC)C(=O)Nc1cc(C)c(Cl)cc1OC. The van der Waals surface area contributed by atoms with Gasteiger partial charge in [-0.25, -0.2) is 0 Å². The lowest BCUT2D eigenvalue weighted by Crippen LogP contribution is -2.34. The molecule has 1 rings (SSSR count). The third-order valence-corrected chi connectivity index (χ3v) is 3.99. The quantitative estimate of drug-likeness (QED) is 0.895. The van der Waals surface area contributed by atoms with E-state index in [1.807, 2.05) is 20.8 Å². The molecule has 4 nitrogen and oxygen atoms in total. The van der Waals surface area contributed by atoms with E-state index in [0.29, 0.717) is 29.3 Å². The smallest absolute Gasteiger partial charge is 0.244 e. The number of methoxy groups -OCH3 is 1. The van der Waals surface area contributed by atoms with E-state index < -0.39 is 5.41 Å². The molecular weight excluding hydrogens is 276 g/mol. The molecule has 0 bridgehead atoms. The molecule has 0 fully saturated rings. The summed E-state index contributed by atoms with van der Waals surface area (Å²) in [4.78, 5) is 12.4. The number of halogens is 1. The lowest BCUT2D eigenvalue weighted by atomic mass is 9.83. The van der Waals surface area contributed by atoms with Crippen LogP contribution in [0.25, 0.3) is 0 Å². The predicted octanol–water partition coefficient (Wildman–Crippen LogP) is 3.93. The van der Waals surface area contributed by atoms with Crippen molar-refractivity contribution in [2.75, 3.05) is 12.4 Å². The van der Waals surface area contributed by atoms with Crippen molar-refractivity contribution < 1.29 is 9.53 Å². The molecule has 1 N–H and O–H groups in total. The van der Waals surface area contributed by atoms with Crippen LogP contribution in [0.15, 0.2) is 12.1 Å². The summed E-state index contributed by atoms with van der Waals surface area (Å²) < 4.78 is 5.21. The summed E-state index contributed by atoms with van der Waals surface area (Å²) >= 11 is 6.03. The Balaban J connectivity index is 3.13. The van der Waals surface area contributed by atoms with E-state index in [1.54, 1.807) is 12.1 Å². The van der Waals surface area contributed by atoms with Crippen LogP contribution in [0, 0.1) is 23.7 Å². The van der Waals surface area contributed by atoms with Gasteiger partial charge in [-0.15, -0.1) is 0 Å². The zero-order valence-electron chi connectivity index (χ0n) is 12.2. The molecular formula is C15H19ClN2O2. The molecule has 0 saturated carbocycles. The van der Waals surface area contributed by atoms with Crippen LogP contribution in [0.5, 0.6) is 5.75 Å². The predicted molar refractivity (Wildman–Crippen MR) is 80.0 cm³/mol. The summed E-state index contributed by atoms with van der Waals surface area (Å²) in [6, 6.07) is 5.51. The Bertz CT molecular complexity index is 546. The van der Waals surface area contributed by atoms with Crippen LogP contribution in [0.1, 0.15) is 32.3 Å². The Labute approximate surface area is 124 Å². The molecule has 0 aliphatic heterocycles. The Morgan fingerprint density at radius 1 is 1.45 bits per heavy atom. The van der Waals surface area contributed by atoms with Crippen LogP contribution >= 0.6 is 11.6 Å². The highest BCUT2D eigenvalue weighted by Gasteiger charge is 2.35. The number of carbonyl (C=O) groups is 1. The second-order valence-corrected chi connectivity index (χ2v) is 5.06. The lowest BCUT2D eigenvalue weighted by molar-refractivity contribution is -0.123. The molecule has 0 heterocycles. The molecule has 0 radical (unpaired) electrons. The number of hydrogen-bond acceptors (Lipinski definition) is 3. The Morgan fingerprint density at radius 2 is 2.05 bits per heavy atom. The third-order valence-electron chi connectivity index (χ3n) is 3.58. The zero-order chi connectivity index (χ0) is 15.3. The maximum Gasteiger partial charge on any atom is 0.244 e. The standard InChI is InChI=1S/C15H19ClN2O2/c1-5-15(6-2,9-17)14(19)18-12-7-10(3)11(16)8-13(12)20-4/h7-8H,5-6H2,1-4H3,(H,18,19). The fourth-order valence-corrected chi connectivity index (χ4v) is 2.11. The van der Waals surface area contributed by atoms with Crippen molar-refractivity contribution in [2.24, 2.45) is 5.41 Å². The van der Waals surface area contributed by atoms with Crippen LogP contribution in [0.2, 0.25) is 5.02 Å². The number of nitriles is 1. The first-order valence-electron chi connectivity index (χ1n) is 6.51. The van der Waals surface area contributed by atoms with Crippen molar-refractivity contribution in [3.05, 3.63) is 22.7 Å². The number of anilines is 1. The highest BCUT2D eigenvalue weighted by Crippen LogP contribution is 2.33. The summed E-state index contributed by atoms with van der Waals surface area (Å²) in [6.45, 7) is 5.50. The number of carbonyl (C=O) groups excluding carboxylic acids is 1. The highest BCUT2D eigenvalue weighted by molar-refractivity contribution is 6.31. The van der Waals surface area contributed by atoms with Crippen molar-refractivity contribution in [3.63, 3.8) is 0 Å². The molecule has 0 aromatic heterocycles. The monoisotopic (exact) mass is 294 g/mol. The normalized spacial score (nSPS) is 10.8. The minimum atomic E-state index is -1.02. The zero-order valence-corrected chi connectivity index (χ0v) is 13.0. The second-order valence-electron chi connectivity index (χ2n) is 4.66. The van der Waals surface area contributed by atoms with Gasteiger partial charge in [0.15, 0.2) is 0 Å². The van der Waals surface area contributed by atoms with Crippen LogP contribution in [0.4, 0.5) is 5.69 Å². The van der Waals surface area contributed by atoms with E-state index in [4.69, 9.17) is 16.3 Å². The number of rotatable bonds is 5. The van der Waals surface area contributed by atoms with Gasteiger partial charge < -0.3 is 10.1 Å². The van der Waals surface area contributed by atoms with Gasteiger partial charge in [-0.3, -0.25) is 4.79 Å². The molecule has 108 valence electrons. The van der Waals surface area contributed by atoms with Gasteiger partial charge in [0.25, 0.3) is 0 Å². The van der Waals surface area contributed by atoms with E-state index in [1.165, 1.54) is 7.11 Å². The number of amides is 1. The van der Waals surface area contributed by atoms with Crippen molar-refractivity contribution in [1.82, 2.24) is 0 Å². The van der Waals surface area contributed by atoms with Crippen LogP contribution in [-0.2, 0) is 4.79 Å². The van der Waals surface area contributed by atoms with Gasteiger partial charge in [0.1, 0.15) is 11.2 Å². The minimum absolute atomic E-state index is 0.315. The fourth-order valence-electron chi connectivity index (χ4n) is 1.95.